The van der Waals surface area contributed by atoms with Gasteiger partial charge in [0.25, 0.3) is 0 Å². The van der Waals surface area contributed by atoms with Crippen molar-refractivity contribution in [2.24, 2.45) is 0 Å². The Labute approximate surface area is 180 Å². The van der Waals surface area contributed by atoms with E-state index in [1.807, 2.05) is 24.3 Å². The van der Waals surface area contributed by atoms with Crippen LogP contribution in [0.4, 0.5) is 0 Å². The molecule has 0 aromatic heterocycles. The van der Waals surface area contributed by atoms with Crippen LogP contribution in [0.25, 0.3) is 32.7 Å². The molecule has 32 heavy (non-hydrogen) atoms. The fourth-order valence-corrected chi connectivity index (χ4v) is 3.50. The topological polar surface area (TPSA) is 190 Å². The molecule has 8 nitrogen and oxygen atoms in total. The van der Waals surface area contributed by atoms with E-state index in [0.717, 1.165) is 0 Å². The summed E-state index contributed by atoms with van der Waals surface area (Å²) >= 11 is 0. The molecule has 0 amide bonds. The Hall–Kier alpha value is -6.16. The molecule has 0 aliphatic carbocycles. The maximum atomic E-state index is 9.57. The lowest BCUT2D eigenvalue weighted by Gasteiger charge is -2.10. The van der Waals surface area contributed by atoms with Crippen LogP contribution in [0.1, 0.15) is 22.3 Å². The van der Waals surface area contributed by atoms with E-state index in [9.17, 15) is 42.1 Å². The minimum Gasteiger partial charge on any atom is -0.192 e. The van der Waals surface area contributed by atoms with Gasteiger partial charge in [0.15, 0.2) is 0 Å². The summed E-state index contributed by atoms with van der Waals surface area (Å²) in [4.78, 5) is 0. The molecular weight excluding hydrogens is 400 g/mol. The Morgan fingerprint density at radius 2 is 0.625 bits per heavy atom. The van der Waals surface area contributed by atoms with Crippen molar-refractivity contribution in [3.05, 3.63) is 57.0 Å². The smallest absolute Gasteiger partial charge is 0.138 e. The molecule has 0 atom stereocenters. The molecule has 0 saturated carbocycles. The van der Waals surface area contributed by atoms with Crippen molar-refractivity contribution in [3.8, 4) is 48.6 Å². The number of hydrogen-bond acceptors (Lipinski definition) is 8. The number of fused-ring (bicyclic) bond motifs is 2. The first kappa shape index (κ1) is 20.6. The van der Waals surface area contributed by atoms with E-state index in [0.29, 0.717) is 0 Å². The van der Waals surface area contributed by atoms with Crippen LogP contribution in [0, 0.1) is 90.6 Å². The van der Waals surface area contributed by atoms with Crippen LogP contribution in [0.5, 0.6) is 0 Å². The molecule has 3 rings (SSSR count). The maximum absolute atomic E-state index is 9.57. The highest BCUT2D eigenvalue weighted by Crippen LogP contribution is 2.23. The summed E-state index contributed by atoms with van der Waals surface area (Å²) in [6, 6.07) is 19.9. The normalized spacial score (nSPS) is 9.00. The monoisotopic (exact) mass is 404 g/mol. The molecule has 3 aromatic rings. The standard InChI is InChI=1S/C24H4N8/c25-5-13-1-19-20(2-14(13)6-26)24(18(11-31)12-32)22-4-16(8-28)15(7-27)3-21(22)23(19)17(9-29)10-30/h1-4H. The second kappa shape index (κ2) is 8.06. The molecule has 0 aliphatic heterocycles. The summed E-state index contributed by atoms with van der Waals surface area (Å²) in [5.41, 5.74) is -0.830. The quantitative estimate of drug-likeness (QED) is 0.507. The zero-order valence-electron chi connectivity index (χ0n) is 15.9. The van der Waals surface area contributed by atoms with Gasteiger partial charge < -0.3 is 0 Å². The molecule has 0 bridgehead atoms. The number of nitriles is 8. The predicted octanol–water partition coefficient (Wildman–Crippen LogP) is 1.88. The van der Waals surface area contributed by atoms with Gasteiger partial charge in [-0.2, -0.15) is 42.1 Å². The highest BCUT2D eigenvalue weighted by atomic mass is 14.3. The van der Waals surface area contributed by atoms with Crippen LogP contribution in [0.3, 0.4) is 0 Å². The Kier molecular flexibility index (Phi) is 5.18. The predicted molar refractivity (Wildman–Crippen MR) is 109 cm³/mol. The summed E-state index contributed by atoms with van der Waals surface area (Å²) in [6.07, 6.45) is 0. The average molecular weight is 404 g/mol. The highest BCUT2D eigenvalue weighted by molar-refractivity contribution is 6.07. The SMILES string of the molecule is N#CC(C#N)=c1c2cc(C#N)c(C#N)cc2c(=C(C#N)C#N)c2cc(C#N)c(C#N)cc12. The minimum atomic E-state index is -0.343. The molecule has 0 aliphatic rings. The second-order valence-electron chi connectivity index (χ2n) is 6.28. The van der Waals surface area contributed by atoms with Gasteiger partial charge in [0.05, 0.1) is 22.3 Å². The van der Waals surface area contributed by atoms with Gasteiger partial charge in [0.2, 0.25) is 0 Å². The molecule has 8 heteroatoms. The summed E-state index contributed by atoms with van der Waals surface area (Å²) in [5, 5.41) is 77.0. The van der Waals surface area contributed by atoms with E-state index in [1.54, 1.807) is 24.3 Å². The largest absolute Gasteiger partial charge is 0.192 e. The Morgan fingerprint density at radius 1 is 0.406 bits per heavy atom. The van der Waals surface area contributed by atoms with Crippen molar-refractivity contribution in [2.75, 3.05) is 0 Å². The molecule has 0 fully saturated rings. The van der Waals surface area contributed by atoms with E-state index in [-0.39, 0.29) is 65.4 Å². The third-order valence-electron chi connectivity index (χ3n) is 4.82. The van der Waals surface area contributed by atoms with Crippen LogP contribution in [0.15, 0.2) is 24.3 Å². The van der Waals surface area contributed by atoms with Crippen molar-refractivity contribution >= 4 is 32.7 Å². The summed E-state index contributed by atoms with van der Waals surface area (Å²) < 4.78 is 0. The van der Waals surface area contributed by atoms with Gasteiger partial charge in [-0.15, -0.1) is 0 Å². The van der Waals surface area contributed by atoms with Crippen molar-refractivity contribution < 1.29 is 0 Å². The first-order chi connectivity index (χ1) is 15.5. The van der Waals surface area contributed by atoms with Gasteiger partial charge >= 0.3 is 0 Å². The zero-order valence-corrected chi connectivity index (χ0v) is 15.9. The second-order valence-corrected chi connectivity index (χ2v) is 6.28. The Bertz CT molecular complexity index is 1590. The first-order valence-corrected chi connectivity index (χ1v) is 8.60. The van der Waals surface area contributed by atoms with E-state index < -0.39 is 0 Å². The fourth-order valence-electron chi connectivity index (χ4n) is 3.50. The van der Waals surface area contributed by atoms with Crippen LogP contribution in [-0.2, 0) is 0 Å². The molecule has 3 aromatic carbocycles. The van der Waals surface area contributed by atoms with Crippen molar-refractivity contribution in [2.45, 2.75) is 0 Å². The summed E-state index contributed by atoms with van der Waals surface area (Å²) in [6.45, 7) is 0. The van der Waals surface area contributed by atoms with Crippen molar-refractivity contribution in [3.63, 3.8) is 0 Å². The molecule has 0 spiro atoms. The molecule has 0 saturated heterocycles. The van der Waals surface area contributed by atoms with Gasteiger partial charge in [0, 0.05) is 10.4 Å². The van der Waals surface area contributed by atoms with Gasteiger partial charge in [-0.25, -0.2) is 0 Å². The van der Waals surface area contributed by atoms with Crippen LogP contribution >= 0.6 is 0 Å². The molecule has 0 N–H and O–H groups in total. The van der Waals surface area contributed by atoms with Gasteiger partial charge in [0.1, 0.15) is 59.7 Å². The summed E-state index contributed by atoms with van der Waals surface area (Å²) in [7, 11) is 0. The number of hydrogen-bond donors (Lipinski definition) is 0. The first-order valence-electron chi connectivity index (χ1n) is 8.60. The van der Waals surface area contributed by atoms with Crippen molar-refractivity contribution in [1.82, 2.24) is 0 Å². The lowest BCUT2D eigenvalue weighted by Crippen LogP contribution is -2.19. The molecule has 0 heterocycles. The van der Waals surface area contributed by atoms with Crippen LogP contribution in [-0.4, -0.2) is 0 Å². The summed E-state index contributed by atoms with van der Waals surface area (Å²) in [5.74, 6) is 0. The van der Waals surface area contributed by atoms with Crippen molar-refractivity contribution in [1.29, 1.82) is 42.1 Å². The zero-order chi connectivity index (χ0) is 23.4. The maximum Gasteiger partial charge on any atom is 0.138 e. The molecule has 140 valence electrons. The fraction of sp³-hybridized carbons (Fsp3) is 0. The Morgan fingerprint density at radius 3 is 0.781 bits per heavy atom. The average Bonchev–Trinajstić information content (AvgIpc) is 2.84. The number of benzene rings is 3. The Balaban J connectivity index is 3.06. The third-order valence-corrected chi connectivity index (χ3v) is 4.82. The van der Waals surface area contributed by atoms with E-state index >= 15 is 0 Å². The highest BCUT2D eigenvalue weighted by Gasteiger charge is 2.17. The van der Waals surface area contributed by atoms with Gasteiger partial charge in [-0.1, -0.05) is 0 Å². The molecule has 0 radical (unpaired) electrons. The molecule has 0 unspecified atom stereocenters. The van der Waals surface area contributed by atoms with Gasteiger partial charge in [-0.3, -0.25) is 0 Å². The van der Waals surface area contributed by atoms with E-state index in [2.05, 4.69) is 0 Å². The van der Waals surface area contributed by atoms with Crippen LogP contribution < -0.4 is 10.4 Å². The van der Waals surface area contributed by atoms with E-state index in [4.69, 9.17) is 0 Å². The third kappa shape index (κ3) is 2.87. The van der Waals surface area contributed by atoms with E-state index in [1.165, 1.54) is 24.3 Å². The lowest BCUT2D eigenvalue weighted by atomic mass is 9.89. The lowest BCUT2D eigenvalue weighted by molar-refractivity contribution is 1.43. The number of nitrogens with zero attached hydrogens (tertiary/aromatic N) is 8. The van der Waals surface area contributed by atoms with Crippen LogP contribution in [0.2, 0.25) is 0 Å². The number of rotatable bonds is 0. The van der Waals surface area contributed by atoms with Gasteiger partial charge in [-0.05, 0) is 45.8 Å². The minimum absolute atomic E-state index is 0.0357. The molecular formula is C24H4N8.